The first-order chi connectivity index (χ1) is 6.35. The van der Waals surface area contributed by atoms with E-state index in [2.05, 4.69) is 48.5 Å². The molecule has 1 aliphatic rings. The van der Waals surface area contributed by atoms with E-state index in [1.165, 1.54) is 13.0 Å². The third kappa shape index (κ3) is 3.87. The maximum atomic E-state index is 6.02. The molecule has 1 saturated heterocycles. The summed E-state index contributed by atoms with van der Waals surface area (Å²) in [5.74, 6) is 0. The molecule has 0 aromatic heterocycles. The predicted octanol–water partition coefficient (Wildman–Crippen LogP) is 2.66. The smallest absolute Gasteiger partial charge is 0.0760 e. The van der Waals surface area contributed by atoms with Gasteiger partial charge >= 0.3 is 0 Å². The van der Waals surface area contributed by atoms with Gasteiger partial charge in [-0.2, -0.15) is 0 Å². The Labute approximate surface area is 96.1 Å². The van der Waals surface area contributed by atoms with Crippen LogP contribution in [0.4, 0.5) is 0 Å². The Morgan fingerprint density at radius 3 is 2.07 bits per heavy atom. The number of hydrogen-bond donors (Lipinski definition) is 0. The molecule has 0 radical (unpaired) electrons. The Balaban J connectivity index is 2.53. The maximum absolute atomic E-state index is 6.02. The number of nitrogens with zero attached hydrogens (tertiary/aromatic N) is 1. The van der Waals surface area contributed by atoms with Crippen molar-refractivity contribution in [3.05, 3.63) is 0 Å². The molecule has 1 fully saturated rings. The predicted molar refractivity (Wildman–Crippen MR) is 64.1 cm³/mol. The molecule has 3 heteroatoms. The molecule has 1 rings (SSSR count). The first-order valence-electron chi connectivity index (χ1n) is 5.33. The Kier molecular flexibility index (Phi) is 4.01. The van der Waals surface area contributed by atoms with Crippen LogP contribution in [0, 0.1) is 0 Å². The monoisotopic (exact) mass is 263 g/mol. The van der Waals surface area contributed by atoms with Crippen molar-refractivity contribution in [1.82, 2.24) is 4.90 Å². The molecule has 0 amide bonds. The molecule has 0 aliphatic carbocycles. The molecule has 0 unspecified atom stereocenters. The van der Waals surface area contributed by atoms with Gasteiger partial charge in [0.05, 0.1) is 11.2 Å². The highest BCUT2D eigenvalue weighted by Crippen LogP contribution is 2.27. The van der Waals surface area contributed by atoms with Crippen LogP contribution in [0.25, 0.3) is 0 Å². The Bertz CT molecular complexity index is 176. The fourth-order valence-corrected chi connectivity index (χ4v) is 2.64. The SMILES string of the molecule is CC1(C)CN(CCCBr)CC(C)(C)O1. The van der Waals surface area contributed by atoms with Crippen LogP contribution in [-0.2, 0) is 4.74 Å². The average molecular weight is 264 g/mol. The third-order valence-electron chi connectivity index (χ3n) is 2.37. The van der Waals surface area contributed by atoms with Crippen molar-refractivity contribution in [3.63, 3.8) is 0 Å². The van der Waals surface area contributed by atoms with E-state index in [0.717, 1.165) is 18.4 Å². The summed E-state index contributed by atoms with van der Waals surface area (Å²) < 4.78 is 6.02. The Hall–Kier alpha value is 0.400. The topological polar surface area (TPSA) is 12.5 Å². The molecule has 2 nitrogen and oxygen atoms in total. The van der Waals surface area contributed by atoms with E-state index in [9.17, 15) is 0 Å². The number of hydrogen-bond acceptors (Lipinski definition) is 2. The number of rotatable bonds is 3. The fraction of sp³-hybridized carbons (Fsp3) is 1.00. The van der Waals surface area contributed by atoms with Gasteiger partial charge in [-0.05, 0) is 40.7 Å². The summed E-state index contributed by atoms with van der Waals surface area (Å²) in [5.41, 5.74) is -0.0118. The summed E-state index contributed by atoms with van der Waals surface area (Å²) in [7, 11) is 0. The van der Waals surface area contributed by atoms with E-state index < -0.39 is 0 Å². The molecular weight excluding hydrogens is 242 g/mol. The van der Waals surface area contributed by atoms with Crippen LogP contribution in [-0.4, -0.2) is 41.1 Å². The van der Waals surface area contributed by atoms with E-state index in [-0.39, 0.29) is 11.2 Å². The zero-order chi connectivity index (χ0) is 10.8. The van der Waals surface area contributed by atoms with Crippen molar-refractivity contribution in [2.45, 2.75) is 45.3 Å². The number of halogens is 1. The van der Waals surface area contributed by atoms with E-state index in [0.29, 0.717) is 0 Å². The van der Waals surface area contributed by atoms with Crippen LogP contribution in [0.5, 0.6) is 0 Å². The van der Waals surface area contributed by atoms with E-state index in [1.807, 2.05) is 0 Å². The highest BCUT2D eigenvalue weighted by Gasteiger charge is 2.37. The van der Waals surface area contributed by atoms with E-state index in [4.69, 9.17) is 4.74 Å². The second kappa shape index (κ2) is 4.50. The summed E-state index contributed by atoms with van der Waals surface area (Å²) in [6.07, 6.45) is 1.21. The van der Waals surface area contributed by atoms with E-state index in [1.54, 1.807) is 0 Å². The summed E-state index contributed by atoms with van der Waals surface area (Å²) in [5, 5.41) is 1.09. The molecular formula is C11H22BrNO. The summed E-state index contributed by atoms with van der Waals surface area (Å²) >= 11 is 3.48. The van der Waals surface area contributed by atoms with Gasteiger partial charge in [-0.1, -0.05) is 15.9 Å². The van der Waals surface area contributed by atoms with Crippen LogP contribution < -0.4 is 0 Å². The number of ether oxygens (including phenoxy) is 1. The molecule has 0 saturated carbocycles. The lowest BCUT2D eigenvalue weighted by molar-refractivity contribution is -0.180. The summed E-state index contributed by atoms with van der Waals surface area (Å²) in [6, 6.07) is 0. The molecule has 84 valence electrons. The lowest BCUT2D eigenvalue weighted by Gasteiger charge is -2.47. The molecule has 14 heavy (non-hydrogen) atoms. The Morgan fingerprint density at radius 2 is 1.64 bits per heavy atom. The fourth-order valence-electron chi connectivity index (χ4n) is 2.39. The molecule has 0 aromatic rings. The van der Waals surface area contributed by atoms with Crippen molar-refractivity contribution < 1.29 is 4.74 Å². The highest BCUT2D eigenvalue weighted by molar-refractivity contribution is 9.09. The molecule has 0 atom stereocenters. The van der Waals surface area contributed by atoms with Gasteiger partial charge in [-0.25, -0.2) is 0 Å². The molecule has 0 aromatic carbocycles. The lowest BCUT2D eigenvalue weighted by atomic mass is 9.99. The van der Waals surface area contributed by atoms with Crippen molar-refractivity contribution in [3.8, 4) is 0 Å². The van der Waals surface area contributed by atoms with Crippen LogP contribution >= 0.6 is 15.9 Å². The van der Waals surface area contributed by atoms with Crippen molar-refractivity contribution in [1.29, 1.82) is 0 Å². The zero-order valence-electron chi connectivity index (χ0n) is 9.77. The zero-order valence-corrected chi connectivity index (χ0v) is 11.4. The quantitative estimate of drug-likeness (QED) is 0.727. The second-order valence-corrected chi connectivity index (χ2v) is 6.17. The van der Waals surface area contributed by atoms with Gasteiger partial charge < -0.3 is 4.74 Å². The van der Waals surface area contributed by atoms with Crippen molar-refractivity contribution in [2.75, 3.05) is 25.0 Å². The van der Waals surface area contributed by atoms with Crippen molar-refractivity contribution in [2.24, 2.45) is 0 Å². The molecule has 0 bridgehead atoms. The van der Waals surface area contributed by atoms with Crippen molar-refractivity contribution >= 4 is 15.9 Å². The van der Waals surface area contributed by atoms with Crippen LogP contribution in [0.1, 0.15) is 34.1 Å². The van der Waals surface area contributed by atoms with Gasteiger partial charge in [-0.15, -0.1) is 0 Å². The van der Waals surface area contributed by atoms with Gasteiger partial charge in [0, 0.05) is 18.4 Å². The Morgan fingerprint density at radius 1 is 1.14 bits per heavy atom. The maximum Gasteiger partial charge on any atom is 0.0760 e. The summed E-state index contributed by atoms with van der Waals surface area (Å²) in [4.78, 5) is 2.50. The van der Waals surface area contributed by atoms with Gasteiger partial charge in [0.25, 0.3) is 0 Å². The second-order valence-electron chi connectivity index (χ2n) is 5.37. The first-order valence-corrected chi connectivity index (χ1v) is 6.45. The standard InChI is InChI=1S/C11H22BrNO/c1-10(2)8-13(7-5-6-12)9-11(3,4)14-10/h5-9H2,1-4H3. The van der Waals surface area contributed by atoms with Gasteiger partial charge in [0.15, 0.2) is 0 Å². The minimum atomic E-state index is -0.00589. The first kappa shape index (κ1) is 12.5. The van der Waals surface area contributed by atoms with Gasteiger partial charge in [-0.3, -0.25) is 4.90 Å². The highest BCUT2D eigenvalue weighted by atomic mass is 79.9. The third-order valence-corrected chi connectivity index (χ3v) is 2.93. The largest absolute Gasteiger partial charge is 0.367 e. The van der Waals surface area contributed by atoms with Gasteiger partial charge in [0.1, 0.15) is 0 Å². The molecule has 1 heterocycles. The normalized spacial score (nSPS) is 26.4. The molecule has 1 aliphatic heterocycles. The van der Waals surface area contributed by atoms with Crippen LogP contribution in [0.2, 0.25) is 0 Å². The average Bonchev–Trinajstić information content (AvgIpc) is 1.94. The lowest BCUT2D eigenvalue weighted by Crippen LogP contribution is -2.57. The van der Waals surface area contributed by atoms with Crippen LogP contribution in [0.3, 0.4) is 0 Å². The number of alkyl halides is 1. The van der Waals surface area contributed by atoms with Gasteiger partial charge in [0.2, 0.25) is 0 Å². The minimum Gasteiger partial charge on any atom is -0.367 e. The number of morpholine rings is 1. The molecule has 0 N–H and O–H groups in total. The molecule has 0 spiro atoms. The minimum absolute atomic E-state index is 0.00589. The van der Waals surface area contributed by atoms with E-state index >= 15 is 0 Å². The van der Waals surface area contributed by atoms with Crippen LogP contribution in [0.15, 0.2) is 0 Å². The summed E-state index contributed by atoms with van der Waals surface area (Å²) in [6.45, 7) is 12.0.